The zero-order valence-electron chi connectivity index (χ0n) is 16.3. The summed E-state index contributed by atoms with van der Waals surface area (Å²) >= 11 is 0. The molecule has 0 aliphatic carbocycles. The maximum atomic E-state index is 13.8. The highest BCUT2D eigenvalue weighted by molar-refractivity contribution is 5.97. The quantitative estimate of drug-likeness (QED) is 0.622. The van der Waals surface area contributed by atoms with Crippen LogP contribution in [-0.4, -0.2) is 44.1 Å². The van der Waals surface area contributed by atoms with Gasteiger partial charge in [0.2, 0.25) is 0 Å². The molecular formula is C21H21FN6O. The molecule has 0 saturated heterocycles. The van der Waals surface area contributed by atoms with E-state index in [0.717, 1.165) is 18.5 Å². The number of pyridine rings is 1. The third-order valence-electron chi connectivity index (χ3n) is 5.09. The highest BCUT2D eigenvalue weighted by Gasteiger charge is 2.21. The van der Waals surface area contributed by atoms with E-state index in [1.807, 2.05) is 12.1 Å². The van der Waals surface area contributed by atoms with Gasteiger partial charge in [0.15, 0.2) is 5.78 Å². The molecule has 2 aromatic heterocycles. The van der Waals surface area contributed by atoms with E-state index in [9.17, 15) is 9.18 Å². The third-order valence-corrected chi connectivity index (χ3v) is 5.09. The number of Topliss-reactive ketones (excluding diaryl/α,β-unsaturated/α-hetero) is 1. The van der Waals surface area contributed by atoms with Crippen molar-refractivity contribution in [1.29, 1.82) is 0 Å². The predicted octanol–water partition coefficient (Wildman–Crippen LogP) is 2.85. The van der Waals surface area contributed by atoms with Crippen LogP contribution < -0.4 is 4.90 Å². The molecule has 1 aromatic carbocycles. The van der Waals surface area contributed by atoms with Gasteiger partial charge in [0, 0.05) is 25.0 Å². The van der Waals surface area contributed by atoms with Crippen LogP contribution in [-0.2, 0) is 13.5 Å². The highest BCUT2D eigenvalue weighted by atomic mass is 19.1. The molecule has 0 spiro atoms. The zero-order chi connectivity index (χ0) is 20.4. The first-order valence-corrected chi connectivity index (χ1v) is 9.42. The number of ketones is 1. The SMILES string of the molecule is CC1=C(c2ccc(CC(=O)c3ccccc3F)nc2)CN(c2nnn(C)n2)CC1. The van der Waals surface area contributed by atoms with Gasteiger partial charge in [-0.2, -0.15) is 4.80 Å². The largest absolute Gasteiger partial charge is 0.334 e. The van der Waals surface area contributed by atoms with Crippen molar-refractivity contribution < 1.29 is 9.18 Å². The summed E-state index contributed by atoms with van der Waals surface area (Å²) < 4.78 is 13.8. The topological polar surface area (TPSA) is 76.8 Å². The van der Waals surface area contributed by atoms with Crippen molar-refractivity contribution in [3.8, 4) is 0 Å². The average Bonchev–Trinajstić information content (AvgIpc) is 3.16. The Morgan fingerprint density at radius 2 is 2.03 bits per heavy atom. The van der Waals surface area contributed by atoms with Crippen molar-refractivity contribution in [2.75, 3.05) is 18.0 Å². The summed E-state index contributed by atoms with van der Waals surface area (Å²) in [6.07, 6.45) is 2.74. The lowest BCUT2D eigenvalue weighted by Crippen LogP contribution is -2.31. The van der Waals surface area contributed by atoms with Crippen molar-refractivity contribution in [3.05, 3.63) is 70.8 Å². The minimum Gasteiger partial charge on any atom is -0.334 e. The molecular weight excluding hydrogens is 371 g/mol. The molecule has 0 unspecified atom stereocenters. The van der Waals surface area contributed by atoms with Crippen molar-refractivity contribution >= 4 is 17.3 Å². The monoisotopic (exact) mass is 392 g/mol. The number of hydrogen-bond acceptors (Lipinski definition) is 6. The predicted molar refractivity (Wildman–Crippen MR) is 107 cm³/mol. The molecule has 8 heteroatoms. The van der Waals surface area contributed by atoms with E-state index in [2.05, 4.69) is 32.2 Å². The number of carbonyl (C=O) groups is 1. The van der Waals surface area contributed by atoms with E-state index < -0.39 is 5.82 Å². The number of anilines is 1. The second kappa shape index (κ2) is 7.90. The Hall–Kier alpha value is -3.42. The van der Waals surface area contributed by atoms with Gasteiger partial charge in [-0.3, -0.25) is 9.78 Å². The van der Waals surface area contributed by atoms with Gasteiger partial charge in [-0.1, -0.05) is 28.9 Å². The first-order chi connectivity index (χ1) is 14.0. The van der Waals surface area contributed by atoms with Crippen molar-refractivity contribution in [2.45, 2.75) is 19.8 Å². The lowest BCUT2D eigenvalue weighted by molar-refractivity contribution is 0.0988. The fraction of sp³-hybridized carbons (Fsp3) is 0.286. The second-order valence-electron chi connectivity index (χ2n) is 7.13. The van der Waals surface area contributed by atoms with E-state index >= 15 is 0 Å². The van der Waals surface area contributed by atoms with E-state index in [-0.39, 0.29) is 17.8 Å². The molecule has 0 amide bonds. The number of aryl methyl sites for hydroxylation is 1. The molecule has 0 saturated carbocycles. The van der Waals surface area contributed by atoms with Gasteiger partial charge in [0.05, 0.1) is 19.0 Å². The van der Waals surface area contributed by atoms with Crippen molar-refractivity contribution in [3.63, 3.8) is 0 Å². The molecule has 4 rings (SSSR count). The standard InChI is InChI=1S/C21H21FN6O/c1-14-9-10-28(21-24-26-27(2)25-21)13-18(14)15-7-8-16(23-12-15)11-20(29)17-5-3-4-6-19(17)22/h3-8,12H,9-11,13H2,1-2H3. The van der Waals surface area contributed by atoms with Crippen LogP contribution in [0.5, 0.6) is 0 Å². The number of aromatic nitrogens is 5. The molecule has 1 aliphatic rings. The van der Waals surface area contributed by atoms with Gasteiger partial charge < -0.3 is 4.90 Å². The lowest BCUT2D eigenvalue weighted by atomic mass is 9.96. The number of nitrogens with zero attached hydrogens (tertiary/aromatic N) is 6. The average molecular weight is 392 g/mol. The van der Waals surface area contributed by atoms with Crippen LogP contribution in [0, 0.1) is 5.82 Å². The van der Waals surface area contributed by atoms with Gasteiger partial charge in [0.25, 0.3) is 5.95 Å². The molecule has 0 radical (unpaired) electrons. The molecule has 3 aromatic rings. The summed E-state index contributed by atoms with van der Waals surface area (Å²) in [7, 11) is 1.74. The number of rotatable bonds is 5. The summed E-state index contributed by atoms with van der Waals surface area (Å²) in [5, 5.41) is 12.3. The lowest BCUT2D eigenvalue weighted by Gasteiger charge is -2.28. The van der Waals surface area contributed by atoms with Crippen LogP contribution in [0.3, 0.4) is 0 Å². The fourth-order valence-corrected chi connectivity index (χ4v) is 3.42. The Bertz CT molecular complexity index is 1070. The van der Waals surface area contributed by atoms with Crippen molar-refractivity contribution in [1.82, 2.24) is 25.2 Å². The molecule has 29 heavy (non-hydrogen) atoms. The maximum Gasteiger partial charge on any atom is 0.266 e. The summed E-state index contributed by atoms with van der Waals surface area (Å²) in [6, 6.07) is 9.80. The van der Waals surface area contributed by atoms with E-state index in [1.165, 1.54) is 28.1 Å². The van der Waals surface area contributed by atoms with E-state index in [0.29, 0.717) is 18.2 Å². The van der Waals surface area contributed by atoms with Crippen LogP contribution in [0.15, 0.2) is 48.2 Å². The summed E-state index contributed by atoms with van der Waals surface area (Å²) in [6.45, 7) is 3.63. The highest BCUT2D eigenvalue weighted by Crippen LogP contribution is 2.27. The van der Waals surface area contributed by atoms with Gasteiger partial charge in [-0.05, 0) is 47.9 Å². The van der Waals surface area contributed by atoms with Gasteiger partial charge in [-0.15, -0.1) is 5.10 Å². The van der Waals surface area contributed by atoms with Crippen molar-refractivity contribution in [2.24, 2.45) is 7.05 Å². The summed E-state index contributed by atoms with van der Waals surface area (Å²) in [4.78, 5) is 20.3. The minimum absolute atomic E-state index is 0.0644. The fourth-order valence-electron chi connectivity index (χ4n) is 3.42. The Balaban J connectivity index is 1.49. The van der Waals surface area contributed by atoms with Crippen LogP contribution >= 0.6 is 0 Å². The molecule has 0 bridgehead atoms. The Kier molecular flexibility index (Phi) is 5.16. The molecule has 1 aliphatic heterocycles. The van der Waals surface area contributed by atoms with Gasteiger partial charge in [0.1, 0.15) is 5.82 Å². The number of benzene rings is 1. The summed E-state index contributed by atoms with van der Waals surface area (Å²) in [5.41, 5.74) is 4.17. The molecule has 3 heterocycles. The second-order valence-corrected chi connectivity index (χ2v) is 7.13. The smallest absolute Gasteiger partial charge is 0.266 e. The van der Waals surface area contributed by atoms with Crippen LogP contribution in [0.25, 0.3) is 5.57 Å². The first-order valence-electron chi connectivity index (χ1n) is 9.42. The van der Waals surface area contributed by atoms with Gasteiger partial charge in [-0.25, -0.2) is 4.39 Å². The molecule has 7 nitrogen and oxygen atoms in total. The Morgan fingerprint density at radius 1 is 1.21 bits per heavy atom. The Morgan fingerprint density at radius 3 is 2.72 bits per heavy atom. The van der Waals surface area contributed by atoms with Crippen LogP contribution in [0.1, 0.15) is 35.0 Å². The van der Waals surface area contributed by atoms with Gasteiger partial charge >= 0.3 is 0 Å². The van der Waals surface area contributed by atoms with E-state index in [1.54, 1.807) is 25.4 Å². The molecule has 0 N–H and O–H groups in total. The molecule has 0 fully saturated rings. The number of tetrazole rings is 1. The maximum absolute atomic E-state index is 13.8. The number of hydrogen-bond donors (Lipinski definition) is 0. The first kappa shape index (κ1) is 18.9. The normalized spacial score (nSPS) is 14.4. The van der Waals surface area contributed by atoms with E-state index in [4.69, 9.17) is 0 Å². The molecule has 148 valence electrons. The van der Waals surface area contributed by atoms with Crippen LogP contribution in [0.4, 0.5) is 10.3 Å². The zero-order valence-corrected chi connectivity index (χ0v) is 16.3. The number of halogens is 1. The minimum atomic E-state index is -0.505. The Labute approximate surface area is 167 Å². The van der Waals surface area contributed by atoms with Crippen LogP contribution in [0.2, 0.25) is 0 Å². The number of carbonyl (C=O) groups excluding carboxylic acids is 1. The summed E-state index contributed by atoms with van der Waals surface area (Å²) in [5.74, 6) is -0.177. The molecule has 0 atom stereocenters. The third kappa shape index (κ3) is 4.06.